The summed E-state index contributed by atoms with van der Waals surface area (Å²) in [5, 5.41) is 9.20. The van der Waals surface area contributed by atoms with Crippen LogP contribution in [0.5, 0.6) is 5.75 Å². The number of benzene rings is 1. The van der Waals surface area contributed by atoms with Crippen LogP contribution < -0.4 is 4.74 Å². The maximum atomic E-state index is 12.1. The molecule has 1 heterocycles. The third kappa shape index (κ3) is 2.98. The maximum absolute atomic E-state index is 12.1. The Morgan fingerprint density at radius 3 is 2.63 bits per heavy atom. The zero-order valence-electron chi connectivity index (χ0n) is 9.75. The maximum Gasteiger partial charge on any atom is 0.422 e. The van der Waals surface area contributed by atoms with E-state index < -0.39 is 18.8 Å². The number of carboxylic acids is 1. The molecule has 0 bridgehead atoms. The highest BCUT2D eigenvalue weighted by Gasteiger charge is 2.29. The van der Waals surface area contributed by atoms with Crippen molar-refractivity contribution in [3.05, 3.63) is 29.5 Å². The fraction of sp³-hybridized carbons (Fsp3) is 0.250. The van der Waals surface area contributed by atoms with Crippen molar-refractivity contribution in [2.45, 2.75) is 13.1 Å². The number of aromatic carboxylic acids is 1. The topological polar surface area (TPSA) is 59.7 Å². The van der Waals surface area contributed by atoms with Gasteiger partial charge in [0.25, 0.3) is 0 Å². The second-order valence-corrected chi connectivity index (χ2v) is 3.95. The van der Waals surface area contributed by atoms with Gasteiger partial charge in [-0.25, -0.2) is 4.79 Å². The third-order valence-electron chi connectivity index (χ3n) is 2.36. The van der Waals surface area contributed by atoms with Crippen molar-refractivity contribution in [1.82, 2.24) is 0 Å². The summed E-state index contributed by atoms with van der Waals surface area (Å²) in [6.07, 6.45) is -4.50. The van der Waals surface area contributed by atoms with Crippen molar-refractivity contribution in [2.24, 2.45) is 0 Å². The molecule has 2 rings (SSSR count). The summed E-state index contributed by atoms with van der Waals surface area (Å²) in [5.74, 6) is -0.980. The number of alkyl halides is 3. The van der Waals surface area contributed by atoms with E-state index in [1.54, 1.807) is 6.92 Å². The molecular formula is C12H9F3O4. The summed E-state index contributed by atoms with van der Waals surface area (Å²) in [7, 11) is 0. The van der Waals surface area contributed by atoms with Crippen molar-refractivity contribution < 1.29 is 32.2 Å². The molecule has 7 heteroatoms. The number of rotatable bonds is 3. The molecule has 1 aromatic heterocycles. The zero-order valence-corrected chi connectivity index (χ0v) is 9.75. The van der Waals surface area contributed by atoms with E-state index in [0.717, 1.165) is 6.07 Å². The van der Waals surface area contributed by atoms with Gasteiger partial charge in [0.05, 0.1) is 10.9 Å². The molecule has 4 nitrogen and oxygen atoms in total. The molecule has 0 amide bonds. The van der Waals surface area contributed by atoms with Crippen LogP contribution in [-0.4, -0.2) is 23.9 Å². The lowest BCUT2D eigenvalue weighted by molar-refractivity contribution is -0.153. The van der Waals surface area contributed by atoms with Crippen LogP contribution in [0.1, 0.15) is 16.1 Å². The van der Waals surface area contributed by atoms with Crippen LogP contribution in [-0.2, 0) is 0 Å². The quantitative estimate of drug-likeness (QED) is 0.932. The van der Waals surface area contributed by atoms with E-state index >= 15 is 0 Å². The largest absolute Gasteiger partial charge is 0.483 e. The normalized spacial score (nSPS) is 11.8. The molecule has 0 atom stereocenters. The van der Waals surface area contributed by atoms with E-state index in [-0.39, 0.29) is 16.9 Å². The van der Waals surface area contributed by atoms with Crippen LogP contribution in [0, 0.1) is 6.92 Å². The van der Waals surface area contributed by atoms with Crippen molar-refractivity contribution in [3.63, 3.8) is 0 Å². The lowest BCUT2D eigenvalue weighted by Gasteiger charge is -2.10. The van der Waals surface area contributed by atoms with Gasteiger partial charge < -0.3 is 14.3 Å². The van der Waals surface area contributed by atoms with E-state index in [2.05, 4.69) is 4.74 Å². The molecule has 0 spiro atoms. The van der Waals surface area contributed by atoms with E-state index in [1.165, 1.54) is 12.1 Å². The number of fused-ring (bicyclic) bond motifs is 1. The number of halogens is 3. The minimum Gasteiger partial charge on any atom is -0.483 e. The Balaban J connectivity index is 2.47. The first kappa shape index (κ1) is 13.3. The van der Waals surface area contributed by atoms with Crippen LogP contribution in [0.15, 0.2) is 22.6 Å². The Hall–Kier alpha value is -2.18. The summed E-state index contributed by atoms with van der Waals surface area (Å²) in [5.41, 5.74) is -0.0198. The number of furan rings is 1. The Morgan fingerprint density at radius 2 is 2.05 bits per heavy atom. The minimum atomic E-state index is -4.50. The second kappa shape index (κ2) is 4.49. The van der Waals surface area contributed by atoms with Gasteiger partial charge >= 0.3 is 12.1 Å². The van der Waals surface area contributed by atoms with Gasteiger partial charge in [0.1, 0.15) is 17.1 Å². The fourth-order valence-corrected chi connectivity index (χ4v) is 1.64. The van der Waals surface area contributed by atoms with Gasteiger partial charge in [0.2, 0.25) is 0 Å². The average Bonchev–Trinajstić information content (AvgIpc) is 2.64. The second-order valence-electron chi connectivity index (χ2n) is 3.95. The standard InChI is InChI=1S/C12H9F3O4/c1-6-2-8-9(18-5-12(13,14)15)3-7(11(16)17)4-10(8)19-6/h2-4H,5H2,1H3,(H,16,17). The molecule has 0 fully saturated rings. The lowest BCUT2D eigenvalue weighted by Crippen LogP contribution is -2.19. The molecular weight excluding hydrogens is 265 g/mol. The first-order valence-corrected chi connectivity index (χ1v) is 5.23. The van der Waals surface area contributed by atoms with Gasteiger partial charge in [-0.15, -0.1) is 0 Å². The number of carbonyl (C=O) groups is 1. The van der Waals surface area contributed by atoms with E-state index in [1.807, 2.05) is 0 Å². The molecule has 0 radical (unpaired) electrons. The van der Waals surface area contributed by atoms with Gasteiger partial charge in [0, 0.05) is 0 Å². The summed E-state index contributed by atoms with van der Waals surface area (Å²) < 4.78 is 46.3. The molecule has 102 valence electrons. The van der Waals surface area contributed by atoms with Crippen LogP contribution in [0.4, 0.5) is 13.2 Å². The van der Waals surface area contributed by atoms with Crippen molar-refractivity contribution in [1.29, 1.82) is 0 Å². The minimum absolute atomic E-state index is 0.163. The summed E-state index contributed by atoms with van der Waals surface area (Å²) >= 11 is 0. The van der Waals surface area contributed by atoms with E-state index in [0.29, 0.717) is 11.1 Å². The van der Waals surface area contributed by atoms with E-state index in [9.17, 15) is 18.0 Å². The van der Waals surface area contributed by atoms with Crippen LogP contribution in [0.3, 0.4) is 0 Å². The highest BCUT2D eigenvalue weighted by Crippen LogP contribution is 2.31. The third-order valence-corrected chi connectivity index (χ3v) is 2.36. The van der Waals surface area contributed by atoms with Gasteiger partial charge in [0.15, 0.2) is 6.61 Å². The molecule has 0 aliphatic carbocycles. The molecule has 2 aromatic rings. The molecule has 19 heavy (non-hydrogen) atoms. The Kier molecular flexibility index (Phi) is 3.13. The SMILES string of the molecule is Cc1cc2c(OCC(F)(F)F)cc(C(=O)O)cc2o1. The van der Waals surface area contributed by atoms with E-state index in [4.69, 9.17) is 9.52 Å². The van der Waals surface area contributed by atoms with Gasteiger partial charge in [-0.1, -0.05) is 0 Å². The van der Waals surface area contributed by atoms with Crippen LogP contribution in [0.2, 0.25) is 0 Å². The molecule has 0 saturated heterocycles. The van der Waals surface area contributed by atoms with Gasteiger partial charge in [-0.2, -0.15) is 13.2 Å². The summed E-state index contributed by atoms with van der Waals surface area (Å²) in [6, 6.07) is 3.78. The molecule has 0 saturated carbocycles. The Labute approximate surface area is 105 Å². The summed E-state index contributed by atoms with van der Waals surface area (Å²) in [6.45, 7) is 0.114. The number of hydrogen-bond donors (Lipinski definition) is 1. The van der Waals surface area contributed by atoms with Crippen LogP contribution >= 0.6 is 0 Å². The number of aryl methyl sites for hydroxylation is 1. The molecule has 0 aliphatic rings. The number of ether oxygens (including phenoxy) is 1. The highest BCUT2D eigenvalue weighted by atomic mass is 19.4. The average molecular weight is 274 g/mol. The number of carboxylic acid groups (broad SMARTS) is 1. The lowest BCUT2D eigenvalue weighted by atomic mass is 10.1. The zero-order chi connectivity index (χ0) is 14.2. The first-order chi connectivity index (χ1) is 8.76. The van der Waals surface area contributed by atoms with Crippen molar-refractivity contribution >= 4 is 16.9 Å². The van der Waals surface area contributed by atoms with Crippen LogP contribution in [0.25, 0.3) is 11.0 Å². The molecule has 0 unspecified atom stereocenters. The van der Waals surface area contributed by atoms with Gasteiger partial charge in [-0.05, 0) is 25.1 Å². The monoisotopic (exact) mass is 274 g/mol. The van der Waals surface area contributed by atoms with Gasteiger partial charge in [-0.3, -0.25) is 0 Å². The van der Waals surface area contributed by atoms with Crippen molar-refractivity contribution in [3.8, 4) is 5.75 Å². The molecule has 1 N–H and O–H groups in total. The molecule has 1 aromatic carbocycles. The Bertz CT molecular complexity index is 628. The van der Waals surface area contributed by atoms with Crippen molar-refractivity contribution in [2.75, 3.05) is 6.61 Å². The predicted octanol–water partition coefficient (Wildman–Crippen LogP) is 3.38. The highest BCUT2D eigenvalue weighted by molar-refractivity contribution is 5.95. The predicted molar refractivity (Wildman–Crippen MR) is 59.5 cm³/mol. The molecule has 0 aliphatic heterocycles. The summed E-state index contributed by atoms with van der Waals surface area (Å²) in [4.78, 5) is 10.9. The smallest absolute Gasteiger partial charge is 0.422 e. The first-order valence-electron chi connectivity index (χ1n) is 5.23. The Morgan fingerprint density at radius 1 is 1.37 bits per heavy atom. The number of hydrogen-bond acceptors (Lipinski definition) is 3. The fourth-order valence-electron chi connectivity index (χ4n) is 1.64.